The summed E-state index contributed by atoms with van der Waals surface area (Å²) in [7, 11) is -3.29. The number of nitrogens with two attached hydrogens (primary N) is 1. The molecule has 76 valence electrons. The Balaban J connectivity index is 2.60. The van der Waals surface area contributed by atoms with Crippen LogP contribution in [-0.4, -0.2) is 24.1 Å². The van der Waals surface area contributed by atoms with Crippen LogP contribution in [0.3, 0.4) is 0 Å². The van der Waals surface area contributed by atoms with Crippen molar-refractivity contribution in [2.24, 2.45) is 5.73 Å². The number of hydrogen-bond donors (Lipinski definition) is 1. The molecular weight excluding hydrogens is 222 g/mol. The van der Waals surface area contributed by atoms with Crippen LogP contribution in [-0.2, 0) is 9.84 Å². The molecule has 5 nitrogen and oxygen atoms in total. The average Bonchev–Trinajstić information content (AvgIpc) is 2.59. The van der Waals surface area contributed by atoms with E-state index in [4.69, 9.17) is 5.73 Å². The number of hydrogen-bond acceptors (Lipinski definition) is 5. The molecule has 0 aliphatic rings. The number of aromatic nitrogens is 2. The van der Waals surface area contributed by atoms with Crippen molar-refractivity contribution in [3.05, 3.63) is 23.6 Å². The van der Waals surface area contributed by atoms with Crippen molar-refractivity contribution in [3.63, 3.8) is 0 Å². The Morgan fingerprint density at radius 1 is 1.64 bits per heavy atom. The number of fused-ring (bicyclic) bond motifs is 1. The highest BCUT2D eigenvalue weighted by Crippen LogP contribution is 2.23. The first-order chi connectivity index (χ1) is 6.50. The normalized spacial score (nSPS) is 14.7. The lowest BCUT2D eigenvalue weighted by Gasteiger charge is -2.05. The van der Waals surface area contributed by atoms with Crippen LogP contribution in [0.5, 0.6) is 0 Å². The molecule has 1 atom stereocenters. The summed E-state index contributed by atoms with van der Waals surface area (Å²) in [6.07, 6.45) is 4.48. The van der Waals surface area contributed by atoms with Gasteiger partial charge in [0, 0.05) is 17.8 Å². The molecule has 0 radical (unpaired) electrons. The van der Waals surface area contributed by atoms with Gasteiger partial charge in [0.25, 0.3) is 0 Å². The van der Waals surface area contributed by atoms with Crippen LogP contribution in [0.1, 0.15) is 11.1 Å². The van der Waals surface area contributed by atoms with Gasteiger partial charge in [0.05, 0.1) is 0 Å². The van der Waals surface area contributed by atoms with Crippen molar-refractivity contribution in [2.45, 2.75) is 5.37 Å². The monoisotopic (exact) mass is 231 g/mol. The van der Waals surface area contributed by atoms with Gasteiger partial charge in [0.1, 0.15) is 16.9 Å². The first kappa shape index (κ1) is 9.63. The van der Waals surface area contributed by atoms with E-state index in [-0.39, 0.29) is 0 Å². The molecule has 0 spiro atoms. The number of imidazole rings is 1. The fourth-order valence-electron chi connectivity index (χ4n) is 1.15. The van der Waals surface area contributed by atoms with E-state index in [1.54, 1.807) is 10.7 Å². The summed E-state index contributed by atoms with van der Waals surface area (Å²) in [4.78, 5) is 4.77. The van der Waals surface area contributed by atoms with E-state index in [0.29, 0.717) is 5.69 Å². The van der Waals surface area contributed by atoms with Gasteiger partial charge in [-0.1, -0.05) is 0 Å². The molecule has 2 aromatic heterocycles. The van der Waals surface area contributed by atoms with Crippen molar-refractivity contribution >= 4 is 26.0 Å². The third-order valence-electron chi connectivity index (χ3n) is 1.91. The fraction of sp³-hybridized carbons (Fsp3) is 0.286. The van der Waals surface area contributed by atoms with E-state index in [2.05, 4.69) is 4.98 Å². The first-order valence-electron chi connectivity index (χ1n) is 3.84. The minimum atomic E-state index is -3.29. The van der Waals surface area contributed by atoms with Crippen molar-refractivity contribution in [2.75, 3.05) is 6.26 Å². The minimum absolute atomic E-state index is 0.419. The Morgan fingerprint density at radius 3 is 3.00 bits per heavy atom. The number of rotatable bonds is 2. The van der Waals surface area contributed by atoms with Gasteiger partial charge in [0.15, 0.2) is 15.2 Å². The number of sulfone groups is 1. The molecule has 0 saturated heterocycles. The molecule has 2 aromatic rings. The molecule has 2 heterocycles. The van der Waals surface area contributed by atoms with E-state index in [0.717, 1.165) is 11.1 Å². The molecule has 2 rings (SSSR count). The highest BCUT2D eigenvalue weighted by molar-refractivity contribution is 7.90. The quantitative estimate of drug-likeness (QED) is 0.811. The van der Waals surface area contributed by atoms with Gasteiger partial charge < -0.3 is 5.73 Å². The Hall–Kier alpha value is -0.920. The predicted molar refractivity (Wildman–Crippen MR) is 54.8 cm³/mol. The molecule has 2 N–H and O–H groups in total. The molecular formula is C7H9N3O2S2. The Labute approximate surface area is 85.1 Å². The maximum atomic E-state index is 11.2. The molecule has 14 heavy (non-hydrogen) atoms. The van der Waals surface area contributed by atoms with Crippen molar-refractivity contribution in [1.82, 2.24) is 9.38 Å². The van der Waals surface area contributed by atoms with Crippen LogP contribution in [0.15, 0.2) is 17.9 Å². The first-order valence-corrected chi connectivity index (χ1v) is 6.68. The summed E-state index contributed by atoms with van der Waals surface area (Å²) in [5.74, 6) is 0. The molecule has 1 unspecified atom stereocenters. The lowest BCUT2D eigenvalue weighted by Crippen LogP contribution is -2.20. The zero-order valence-corrected chi connectivity index (χ0v) is 9.05. The second kappa shape index (κ2) is 3.04. The standard InChI is InChI=1S/C7H9N3O2S2/c1-14(11,12)6(8)5-7-10(4-9-5)2-3-13-7/h2-4,6H,8H2,1H3. The van der Waals surface area contributed by atoms with Gasteiger partial charge >= 0.3 is 0 Å². The van der Waals surface area contributed by atoms with E-state index in [1.165, 1.54) is 11.3 Å². The molecule has 0 aliphatic heterocycles. The molecule has 0 fully saturated rings. The third-order valence-corrected chi connectivity index (χ3v) is 3.95. The van der Waals surface area contributed by atoms with Crippen LogP contribution < -0.4 is 5.73 Å². The summed E-state index contributed by atoms with van der Waals surface area (Å²) in [5.41, 5.74) is 6.00. The van der Waals surface area contributed by atoms with Crippen LogP contribution in [0.4, 0.5) is 0 Å². The predicted octanol–water partition coefficient (Wildman–Crippen LogP) is 0.398. The second-order valence-corrected chi connectivity index (χ2v) is 6.06. The van der Waals surface area contributed by atoms with Crippen molar-refractivity contribution in [3.8, 4) is 0 Å². The van der Waals surface area contributed by atoms with Gasteiger partial charge in [-0.05, 0) is 0 Å². The summed E-state index contributed by atoms with van der Waals surface area (Å²) in [5, 5.41) is 0.821. The Bertz CT molecular complexity index is 554. The van der Waals surface area contributed by atoms with E-state index in [9.17, 15) is 8.42 Å². The van der Waals surface area contributed by atoms with Crippen LogP contribution in [0.2, 0.25) is 0 Å². The van der Waals surface area contributed by atoms with Gasteiger partial charge in [-0.2, -0.15) is 0 Å². The SMILES string of the molecule is CS(=O)(=O)C(N)c1ncn2ccsc12. The summed E-state index contributed by atoms with van der Waals surface area (Å²) in [6.45, 7) is 0. The maximum Gasteiger partial charge on any atom is 0.169 e. The summed E-state index contributed by atoms with van der Waals surface area (Å²) in [6, 6.07) is 0. The molecule has 0 bridgehead atoms. The largest absolute Gasteiger partial charge is 0.310 e. The van der Waals surface area contributed by atoms with Gasteiger partial charge in [-0.15, -0.1) is 11.3 Å². The number of thiazole rings is 1. The summed E-state index contributed by atoms with van der Waals surface area (Å²) >= 11 is 1.42. The second-order valence-electron chi connectivity index (χ2n) is 3.00. The van der Waals surface area contributed by atoms with Crippen molar-refractivity contribution in [1.29, 1.82) is 0 Å². The zero-order chi connectivity index (χ0) is 10.3. The number of nitrogens with zero attached hydrogens (tertiary/aromatic N) is 2. The van der Waals surface area contributed by atoms with Crippen LogP contribution in [0, 0.1) is 0 Å². The third kappa shape index (κ3) is 1.43. The van der Waals surface area contributed by atoms with Crippen molar-refractivity contribution < 1.29 is 8.42 Å². The zero-order valence-electron chi connectivity index (χ0n) is 7.41. The average molecular weight is 231 g/mol. The topological polar surface area (TPSA) is 77.5 Å². The highest BCUT2D eigenvalue weighted by atomic mass is 32.2. The molecule has 0 aromatic carbocycles. The summed E-state index contributed by atoms with van der Waals surface area (Å²) < 4.78 is 24.2. The van der Waals surface area contributed by atoms with Gasteiger partial charge in [-0.3, -0.25) is 4.40 Å². The smallest absolute Gasteiger partial charge is 0.169 e. The van der Waals surface area contributed by atoms with E-state index in [1.807, 2.05) is 11.6 Å². The van der Waals surface area contributed by atoms with E-state index < -0.39 is 15.2 Å². The fourth-order valence-corrected chi connectivity index (χ4v) is 2.65. The molecule has 0 aliphatic carbocycles. The highest BCUT2D eigenvalue weighted by Gasteiger charge is 2.22. The van der Waals surface area contributed by atoms with E-state index >= 15 is 0 Å². The van der Waals surface area contributed by atoms with Crippen LogP contribution >= 0.6 is 11.3 Å². The van der Waals surface area contributed by atoms with Gasteiger partial charge in [0.2, 0.25) is 0 Å². The maximum absolute atomic E-state index is 11.2. The molecule has 7 heteroatoms. The van der Waals surface area contributed by atoms with Crippen LogP contribution in [0.25, 0.3) is 4.83 Å². The molecule has 0 saturated carbocycles. The Morgan fingerprint density at radius 2 is 2.36 bits per heavy atom. The lowest BCUT2D eigenvalue weighted by atomic mass is 10.5. The molecule has 0 amide bonds. The lowest BCUT2D eigenvalue weighted by molar-refractivity contribution is 0.589. The minimum Gasteiger partial charge on any atom is -0.310 e. The Kier molecular flexibility index (Phi) is 2.09. The van der Waals surface area contributed by atoms with Gasteiger partial charge in [-0.25, -0.2) is 13.4 Å².